The molecule has 0 aromatic carbocycles. The van der Waals surface area contributed by atoms with Crippen LogP contribution in [0.25, 0.3) is 0 Å². The number of sulfonamides is 1. The smallest absolute Gasteiger partial charge is 0.324 e. The van der Waals surface area contributed by atoms with Gasteiger partial charge in [-0.25, -0.2) is 8.42 Å². The van der Waals surface area contributed by atoms with Crippen molar-refractivity contribution in [1.82, 2.24) is 4.31 Å². The maximum Gasteiger partial charge on any atom is 0.324 e. The maximum atomic E-state index is 11.8. The normalized spacial score (nSPS) is 23.0. The highest BCUT2D eigenvalue weighted by molar-refractivity contribution is 7.89. The molecule has 0 bridgehead atoms. The summed E-state index contributed by atoms with van der Waals surface area (Å²) in [6, 6.07) is -0.727. The van der Waals surface area contributed by atoms with Gasteiger partial charge < -0.3 is 9.84 Å². The van der Waals surface area contributed by atoms with Gasteiger partial charge in [0, 0.05) is 6.54 Å². The molecule has 94 valence electrons. The van der Waals surface area contributed by atoms with Crippen molar-refractivity contribution in [2.24, 2.45) is 0 Å². The Labute approximate surface area is 95.2 Å². The topological polar surface area (TPSA) is 83.9 Å². The van der Waals surface area contributed by atoms with Gasteiger partial charge in [-0.15, -0.1) is 0 Å². The predicted octanol–water partition coefficient (Wildman–Crippen LogP) is -0.664. The second kappa shape index (κ2) is 5.60. The lowest BCUT2D eigenvalue weighted by molar-refractivity contribution is -0.146. The second-order valence-electron chi connectivity index (χ2n) is 3.69. The molecule has 0 aromatic rings. The van der Waals surface area contributed by atoms with Crippen molar-refractivity contribution in [1.29, 1.82) is 0 Å². The molecule has 16 heavy (non-hydrogen) atoms. The van der Waals surface area contributed by atoms with E-state index in [1.54, 1.807) is 0 Å². The summed E-state index contributed by atoms with van der Waals surface area (Å²) in [5, 5.41) is 8.69. The summed E-state index contributed by atoms with van der Waals surface area (Å²) < 4.78 is 29.3. The van der Waals surface area contributed by atoms with E-state index in [-0.39, 0.29) is 5.75 Å². The van der Waals surface area contributed by atoms with E-state index in [1.165, 1.54) is 7.11 Å². The molecular weight excluding hydrogens is 234 g/mol. The van der Waals surface area contributed by atoms with E-state index >= 15 is 0 Å². The van der Waals surface area contributed by atoms with Crippen LogP contribution in [0.2, 0.25) is 0 Å². The van der Waals surface area contributed by atoms with Crippen molar-refractivity contribution in [2.45, 2.75) is 25.3 Å². The standard InChI is InChI=1S/C9H17NO5S/c1-15-9(12)8-4-2-3-5-10(8)16(13,14)7-6-11/h8,11H,2-7H2,1H3. The molecule has 1 atom stereocenters. The van der Waals surface area contributed by atoms with E-state index in [1.807, 2.05) is 0 Å². The highest BCUT2D eigenvalue weighted by atomic mass is 32.2. The molecule has 1 aliphatic heterocycles. The summed E-state index contributed by atoms with van der Waals surface area (Å²) >= 11 is 0. The van der Waals surface area contributed by atoms with Gasteiger partial charge in [0.05, 0.1) is 19.5 Å². The van der Waals surface area contributed by atoms with Crippen molar-refractivity contribution in [3.8, 4) is 0 Å². The van der Waals surface area contributed by atoms with Crippen LogP contribution < -0.4 is 0 Å². The summed E-state index contributed by atoms with van der Waals surface area (Å²) in [6.45, 7) is -0.116. The Morgan fingerprint density at radius 1 is 1.50 bits per heavy atom. The molecule has 1 unspecified atom stereocenters. The first-order valence-corrected chi connectivity index (χ1v) is 6.82. The first-order valence-electron chi connectivity index (χ1n) is 5.21. The average molecular weight is 251 g/mol. The Morgan fingerprint density at radius 3 is 2.75 bits per heavy atom. The largest absolute Gasteiger partial charge is 0.468 e. The van der Waals surface area contributed by atoms with Crippen LogP contribution in [0.5, 0.6) is 0 Å². The number of rotatable bonds is 4. The molecule has 7 heteroatoms. The monoisotopic (exact) mass is 251 g/mol. The molecule has 0 radical (unpaired) electrons. The zero-order chi connectivity index (χ0) is 12.2. The number of esters is 1. The number of methoxy groups -OCH3 is 1. The highest BCUT2D eigenvalue weighted by Crippen LogP contribution is 2.21. The van der Waals surface area contributed by atoms with Crippen molar-refractivity contribution < 1.29 is 23.1 Å². The van der Waals surface area contributed by atoms with Gasteiger partial charge in [0.2, 0.25) is 10.0 Å². The first kappa shape index (κ1) is 13.4. The fourth-order valence-corrected chi connectivity index (χ4v) is 3.29. The predicted molar refractivity (Wildman–Crippen MR) is 57.2 cm³/mol. The third-order valence-electron chi connectivity index (χ3n) is 2.63. The summed E-state index contributed by atoms with van der Waals surface area (Å²) in [7, 11) is -2.31. The van der Waals surface area contributed by atoms with Crippen LogP contribution >= 0.6 is 0 Å². The van der Waals surface area contributed by atoms with Crippen molar-refractivity contribution in [3.63, 3.8) is 0 Å². The van der Waals surface area contributed by atoms with E-state index in [2.05, 4.69) is 4.74 Å². The van der Waals surface area contributed by atoms with Gasteiger partial charge in [-0.05, 0) is 19.3 Å². The van der Waals surface area contributed by atoms with Gasteiger partial charge in [0.25, 0.3) is 0 Å². The summed E-state index contributed by atoms with van der Waals surface area (Å²) in [4.78, 5) is 11.4. The Balaban J connectivity index is 2.86. The van der Waals surface area contributed by atoms with Crippen LogP contribution in [-0.2, 0) is 19.6 Å². The molecule has 0 saturated carbocycles. The minimum Gasteiger partial charge on any atom is -0.468 e. The molecule has 1 aliphatic rings. The molecule has 6 nitrogen and oxygen atoms in total. The Kier molecular flexibility index (Phi) is 4.69. The van der Waals surface area contributed by atoms with Crippen LogP contribution in [-0.4, -0.2) is 55.9 Å². The quantitative estimate of drug-likeness (QED) is 0.670. The lowest BCUT2D eigenvalue weighted by Crippen LogP contribution is -2.49. The zero-order valence-electron chi connectivity index (χ0n) is 9.26. The van der Waals surface area contributed by atoms with Crippen LogP contribution in [0, 0.1) is 0 Å². The number of hydrogen-bond acceptors (Lipinski definition) is 5. The molecule has 1 heterocycles. The molecule has 1 fully saturated rings. The number of nitrogens with zero attached hydrogens (tertiary/aromatic N) is 1. The lowest BCUT2D eigenvalue weighted by atomic mass is 10.1. The molecule has 1 saturated heterocycles. The molecular formula is C9H17NO5S. The summed E-state index contributed by atoms with van der Waals surface area (Å²) in [5.74, 6) is -0.873. The zero-order valence-corrected chi connectivity index (χ0v) is 10.1. The highest BCUT2D eigenvalue weighted by Gasteiger charge is 2.36. The van der Waals surface area contributed by atoms with E-state index in [0.29, 0.717) is 13.0 Å². The SMILES string of the molecule is COC(=O)C1CCCCN1S(=O)(=O)CCO. The Bertz CT molecular complexity index is 340. The van der Waals surface area contributed by atoms with Gasteiger partial charge in [0.15, 0.2) is 0 Å². The maximum absolute atomic E-state index is 11.8. The van der Waals surface area contributed by atoms with Crippen molar-refractivity contribution >= 4 is 16.0 Å². The minimum absolute atomic E-state index is 0.322. The number of aliphatic hydroxyl groups excluding tert-OH is 1. The van der Waals surface area contributed by atoms with E-state index in [9.17, 15) is 13.2 Å². The number of ether oxygens (including phenoxy) is 1. The van der Waals surface area contributed by atoms with Gasteiger partial charge in [-0.2, -0.15) is 4.31 Å². The fraction of sp³-hybridized carbons (Fsp3) is 0.889. The van der Waals surface area contributed by atoms with E-state index < -0.39 is 28.6 Å². The van der Waals surface area contributed by atoms with Crippen LogP contribution in [0.15, 0.2) is 0 Å². The average Bonchev–Trinajstić information content (AvgIpc) is 2.28. The van der Waals surface area contributed by atoms with Crippen LogP contribution in [0.3, 0.4) is 0 Å². The first-order chi connectivity index (χ1) is 7.53. The molecule has 0 amide bonds. The van der Waals surface area contributed by atoms with E-state index in [4.69, 9.17) is 5.11 Å². The number of carbonyl (C=O) groups excluding carboxylic acids is 1. The number of hydrogen-bond donors (Lipinski definition) is 1. The Hall–Kier alpha value is -0.660. The summed E-state index contributed by atoms with van der Waals surface area (Å²) in [5.41, 5.74) is 0. The van der Waals surface area contributed by atoms with Crippen LogP contribution in [0.1, 0.15) is 19.3 Å². The Morgan fingerprint density at radius 2 is 2.19 bits per heavy atom. The third-order valence-corrected chi connectivity index (χ3v) is 4.48. The van der Waals surface area contributed by atoms with Crippen LogP contribution in [0.4, 0.5) is 0 Å². The number of piperidine rings is 1. The third kappa shape index (κ3) is 2.93. The van der Waals surface area contributed by atoms with Gasteiger partial charge in [0.1, 0.15) is 6.04 Å². The fourth-order valence-electron chi connectivity index (χ4n) is 1.84. The van der Waals surface area contributed by atoms with Crippen molar-refractivity contribution in [2.75, 3.05) is 26.0 Å². The minimum atomic E-state index is -3.56. The molecule has 0 aliphatic carbocycles. The van der Waals surface area contributed by atoms with E-state index in [0.717, 1.165) is 17.1 Å². The second-order valence-corrected chi connectivity index (χ2v) is 5.73. The molecule has 0 aromatic heterocycles. The van der Waals surface area contributed by atoms with Crippen molar-refractivity contribution in [3.05, 3.63) is 0 Å². The van der Waals surface area contributed by atoms with Gasteiger partial charge >= 0.3 is 5.97 Å². The van der Waals surface area contributed by atoms with Gasteiger partial charge in [-0.1, -0.05) is 0 Å². The number of aliphatic hydroxyl groups is 1. The lowest BCUT2D eigenvalue weighted by Gasteiger charge is -2.32. The molecule has 1 rings (SSSR count). The number of carbonyl (C=O) groups is 1. The summed E-state index contributed by atoms with van der Waals surface area (Å²) in [6.07, 6.45) is 2.03. The van der Waals surface area contributed by atoms with Gasteiger partial charge in [-0.3, -0.25) is 4.79 Å². The molecule has 0 spiro atoms. The molecule has 1 N–H and O–H groups in total.